The van der Waals surface area contributed by atoms with Crippen LogP contribution in [0.2, 0.25) is 0 Å². The van der Waals surface area contributed by atoms with Gasteiger partial charge in [-0.15, -0.1) is 0 Å². The minimum Gasteiger partial charge on any atom is -0.497 e. The second kappa shape index (κ2) is 7.68. The first-order valence-corrected chi connectivity index (χ1v) is 10.7. The third-order valence-corrected chi connectivity index (χ3v) is 7.01. The van der Waals surface area contributed by atoms with Crippen LogP contribution in [0.25, 0.3) is 0 Å². The molecular formula is C14H22N2O6S2. The molecule has 24 heavy (non-hydrogen) atoms. The molecule has 1 atom stereocenters. The van der Waals surface area contributed by atoms with E-state index < -0.39 is 19.9 Å². The molecule has 2 N–H and O–H groups in total. The fourth-order valence-corrected chi connectivity index (χ4v) is 5.38. The van der Waals surface area contributed by atoms with E-state index in [1.807, 2.05) is 0 Å². The van der Waals surface area contributed by atoms with Crippen molar-refractivity contribution >= 4 is 19.9 Å². The van der Waals surface area contributed by atoms with Crippen LogP contribution >= 0.6 is 0 Å². The summed E-state index contributed by atoms with van der Waals surface area (Å²) >= 11 is 0. The minimum absolute atomic E-state index is 0.0224. The first-order chi connectivity index (χ1) is 11.3. The first kappa shape index (κ1) is 19.0. The number of methoxy groups -OCH3 is 2. The molecule has 0 aromatic heterocycles. The van der Waals surface area contributed by atoms with Crippen molar-refractivity contribution in [2.24, 2.45) is 0 Å². The van der Waals surface area contributed by atoms with Crippen LogP contribution in [0.15, 0.2) is 23.1 Å². The summed E-state index contributed by atoms with van der Waals surface area (Å²) in [6.45, 7) is 0.492. The van der Waals surface area contributed by atoms with Gasteiger partial charge in [0.05, 0.1) is 25.7 Å². The molecule has 1 fully saturated rings. The predicted octanol–water partition coefficient (Wildman–Crippen LogP) is -0.241. The Hall–Kier alpha value is -1.36. The number of sulfonamides is 1. The molecular weight excluding hydrogens is 356 g/mol. The molecule has 8 nitrogen and oxygen atoms in total. The monoisotopic (exact) mass is 378 g/mol. The molecule has 0 amide bonds. The zero-order valence-corrected chi connectivity index (χ0v) is 15.2. The third kappa shape index (κ3) is 4.82. The molecule has 2 rings (SSSR count). The van der Waals surface area contributed by atoms with Crippen LogP contribution in [0.1, 0.15) is 6.42 Å². The van der Waals surface area contributed by atoms with Crippen LogP contribution in [0.5, 0.6) is 11.5 Å². The SMILES string of the molecule is COc1ccc(S(=O)(=O)NCCN[C@@H]2CCS(=O)(=O)C2)c(OC)c1. The molecule has 1 aliphatic rings. The molecule has 0 aliphatic carbocycles. The number of benzene rings is 1. The van der Waals surface area contributed by atoms with Gasteiger partial charge in [-0.05, 0) is 18.6 Å². The van der Waals surface area contributed by atoms with Crippen LogP contribution in [0.4, 0.5) is 0 Å². The maximum Gasteiger partial charge on any atom is 0.244 e. The Morgan fingerprint density at radius 3 is 2.54 bits per heavy atom. The summed E-state index contributed by atoms with van der Waals surface area (Å²) in [6, 6.07) is 4.33. The topological polar surface area (TPSA) is 111 Å². The van der Waals surface area contributed by atoms with Gasteiger partial charge in [0.15, 0.2) is 9.84 Å². The third-order valence-electron chi connectivity index (χ3n) is 3.74. The number of rotatable bonds is 8. The summed E-state index contributed by atoms with van der Waals surface area (Å²) in [5.41, 5.74) is 0. The lowest BCUT2D eigenvalue weighted by Gasteiger charge is -2.13. The predicted molar refractivity (Wildman–Crippen MR) is 89.8 cm³/mol. The Labute approximate surface area is 142 Å². The molecule has 1 saturated heterocycles. The van der Waals surface area contributed by atoms with Crippen LogP contribution in [-0.4, -0.2) is 61.7 Å². The van der Waals surface area contributed by atoms with Gasteiger partial charge in [0, 0.05) is 25.2 Å². The van der Waals surface area contributed by atoms with E-state index in [9.17, 15) is 16.8 Å². The van der Waals surface area contributed by atoms with E-state index in [-0.39, 0.29) is 34.7 Å². The highest BCUT2D eigenvalue weighted by molar-refractivity contribution is 7.91. The van der Waals surface area contributed by atoms with E-state index in [1.54, 1.807) is 6.07 Å². The van der Waals surface area contributed by atoms with Gasteiger partial charge in [-0.25, -0.2) is 21.6 Å². The van der Waals surface area contributed by atoms with Crippen LogP contribution in [0, 0.1) is 0 Å². The maximum absolute atomic E-state index is 12.4. The zero-order valence-electron chi connectivity index (χ0n) is 13.6. The van der Waals surface area contributed by atoms with Gasteiger partial charge in [-0.2, -0.15) is 0 Å². The van der Waals surface area contributed by atoms with E-state index in [1.165, 1.54) is 26.4 Å². The largest absolute Gasteiger partial charge is 0.497 e. The molecule has 0 bridgehead atoms. The summed E-state index contributed by atoms with van der Waals surface area (Å²) in [4.78, 5) is 0.0224. The van der Waals surface area contributed by atoms with E-state index in [2.05, 4.69) is 10.0 Å². The van der Waals surface area contributed by atoms with E-state index in [0.717, 1.165) is 0 Å². The first-order valence-electron chi connectivity index (χ1n) is 7.43. The lowest BCUT2D eigenvalue weighted by Crippen LogP contribution is -2.37. The Morgan fingerprint density at radius 2 is 1.96 bits per heavy atom. The number of nitrogens with one attached hydrogen (secondary N) is 2. The van der Waals surface area contributed by atoms with E-state index >= 15 is 0 Å². The Kier molecular flexibility index (Phi) is 6.07. The van der Waals surface area contributed by atoms with Gasteiger partial charge in [0.2, 0.25) is 10.0 Å². The lowest BCUT2D eigenvalue weighted by atomic mass is 10.3. The Morgan fingerprint density at radius 1 is 1.21 bits per heavy atom. The second-order valence-electron chi connectivity index (χ2n) is 5.47. The van der Waals surface area contributed by atoms with Crippen molar-refractivity contribution in [3.05, 3.63) is 18.2 Å². The molecule has 1 aliphatic heterocycles. The van der Waals surface area contributed by atoms with Gasteiger partial charge in [-0.3, -0.25) is 0 Å². The fraction of sp³-hybridized carbons (Fsp3) is 0.571. The zero-order chi connectivity index (χ0) is 17.8. The van der Waals surface area contributed by atoms with Gasteiger partial charge in [0.25, 0.3) is 0 Å². The Balaban J connectivity index is 1.92. The normalized spacial score (nSPS) is 20.0. The number of hydrogen-bond donors (Lipinski definition) is 2. The van der Waals surface area contributed by atoms with Gasteiger partial charge < -0.3 is 14.8 Å². The van der Waals surface area contributed by atoms with Crippen molar-refractivity contribution < 1.29 is 26.3 Å². The highest BCUT2D eigenvalue weighted by Gasteiger charge is 2.27. The van der Waals surface area contributed by atoms with E-state index in [4.69, 9.17) is 9.47 Å². The smallest absolute Gasteiger partial charge is 0.244 e. The molecule has 10 heteroatoms. The molecule has 1 aromatic carbocycles. The summed E-state index contributed by atoms with van der Waals surface area (Å²) in [5.74, 6) is 0.970. The molecule has 0 unspecified atom stereocenters. The van der Waals surface area contributed by atoms with E-state index in [0.29, 0.717) is 18.7 Å². The molecule has 0 saturated carbocycles. The fourth-order valence-electron chi connectivity index (χ4n) is 2.49. The quantitative estimate of drug-likeness (QED) is 0.601. The highest BCUT2D eigenvalue weighted by atomic mass is 32.2. The number of ether oxygens (including phenoxy) is 2. The van der Waals surface area contributed by atoms with Crippen LogP contribution in [0.3, 0.4) is 0 Å². The summed E-state index contributed by atoms with van der Waals surface area (Å²) in [6.07, 6.45) is 0.557. The highest BCUT2D eigenvalue weighted by Crippen LogP contribution is 2.28. The molecule has 0 spiro atoms. The van der Waals surface area contributed by atoms with Gasteiger partial charge in [-0.1, -0.05) is 0 Å². The van der Waals surface area contributed by atoms with Crippen LogP contribution in [-0.2, 0) is 19.9 Å². The minimum atomic E-state index is -3.74. The van der Waals surface area contributed by atoms with Gasteiger partial charge in [0.1, 0.15) is 16.4 Å². The van der Waals surface area contributed by atoms with Gasteiger partial charge >= 0.3 is 0 Å². The molecule has 0 radical (unpaired) electrons. The average molecular weight is 378 g/mol. The van der Waals surface area contributed by atoms with Crippen molar-refractivity contribution in [3.63, 3.8) is 0 Å². The average Bonchev–Trinajstić information content (AvgIpc) is 2.90. The van der Waals surface area contributed by atoms with Crippen molar-refractivity contribution in [2.75, 3.05) is 38.8 Å². The van der Waals surface area contributed by atoms with Crippen molar-refractivity contribution in [1.29, 1.82) is 0 Å². The van der Waals surface area contributed by atoms with Crippen LogP contribution < -0.4 is 19.5 Å². The summed E-state index contributed by atoms with van der Waals surface area (Å²) in [5, 5.41) is 3.05. The van der Waals surface area contributed by atoms with Crippen molar-refractivity contribution in [3.8, 4) is 11.5 Å². The summed E-state index contributed by atoms with van der Waals surface area (Å²) < 4.78 is 60.1. The molecule has 136 valence electrons. The van der Waals surface area contributed by atoms with Crippen molar-refractivity contribution in [2.45, 2.75) is 17.4 Å². The molecule has 1 aromatic rings. The number of sulfone groups is 1. The summed E-state index contributed by atoms with van der Waals surface area (Å²) in [7, 11) is -3.82. The Bertz CT molecular complexity index is 776. The number of hydrogen-bond acceptors (Lipinski definition) is 7. The maximum atomic E-state index is 12.4. The second-order valence-corrected chi connectivity index (χ2v) is 9.43. The lowest BCUT2D eigenvalue weighted by molar-refractivity contribution is 0.386. The van der Waals surface area contributed by atoms with Crippen molar-refractivity contribution in [1.82, 2.24) is 10.0 Å². The molecule has 1 heterocycles. The standard InChI is InChI=1S/C14H22N2O6S2/c1-21-12-3-4-14(13(9-12)22-2)24(19,20)16-7-6-15-11-5-8-23(17,18)10-11/h3-4,9,11,15-16H,5-8,10H2,1-2H3/t11-/m1/s1.